The predicted molar refractivity (Wildman–Crippen MR) is 128 cm³/mol. The Morgan fingerprint density at radius 1 is 1.03 bits per heavy atom. The summed E-state index contributed by atoms with van der Waals surface area (Å²) < 4.78 is 5.41. The van der Waals surface area contributed by atoms with Gasteiger partial charge in [-0.15, -0.1) is 0 Å². The largest absolute Gasteiger partial charge is 0.388 e. The number of carbonyl (C=O) groups excluding carboxylic acids is 2. The predicted octanol–water partition coefficient (Wildman–Crippen LogP) is 3.40. The Balaban J connectivity index is 1.42. The molecule has 2 aliphatic heterocycles. The van der Waals surface area contributed by atoms with E-state index in [9.17, 15) is 9.59 Å². The number of hydrogen-bond donors (Lipinski definition) is 1. The van der Waals surface area contributed by atoms with E-state index in [-0.39, 0.29) is 23.8 Å². The van der Waals surface area contributed by atoms with Crippen molar-refractivity contribution in [2.45, 2.75) is 38.9 Å². The van der Waals surface area contributed by atoms with Crippen LogP contribution in [-0.2, 0) is 11.3 Å². The lowest BCUT2D eigenvalue weighted by Gasteiger charge is -2.44. The van der Waals surface area contributed by atoms with Crippen LogP contribution >= 0.6 is 0 Å². The fourth-order valence-corrected chi connectivity index (χ4v) is 4.90. The molecule has 4 rings (SSSR count). The highest BCUT2D eigenvalue weighted by Crippen LogP contribution is 2.25. The Labute approximate surface area is 195 Å². The molecule has 0 bridgehead atoms. The fourth-order valence-electron chi connectivity index (χ4n) is 4.90. The molecular formula is C27H32N2O4. The summed E-state index contributed by atoms with van der Waals surface area (Å²) in [6.45, 7) is 7.42. The molecule has 0 unspecified atom stereocenters. The quantitative estimate of drug-likeness (QED) is 0.686. The van der Waals surface area contributed by atoms with Crippen LogP contribution in [0.25, 0.3) is 5.57 Å². The van der Waals surface area contributed by atoms with E-state index >= 15 is 0 Å². The molecule has 6 heteroatoms. The monoisotopic (exact) mass is 448 g/mol. The second-order valence-corrected chi connectivity index (χ2v) is 9.02. The third-order valence-corrected chi connectivity index (χ3v) is 6.50. The van der Waals surface area contributed by atoms with Crippen molar-refractivity contribution in [1.29, 1.82) is 0 Å². The first-order valence-electron chi connectivity index (χ1n) is 11.6. The van der Waals surface area contributed by atoms with Gasteiger partial charge in [-0.05, 0) is 49.1 Å². The third-order valence-electron chi connectivity index (χ3n) is 6.50. The number of ether oxygens (including phenoxy) is 1. The van der Waals surface area contributed by atoms with Crippen LogP contribution in [0.1, 0.15) is 52.1 Å². The highest BCUT2D eigenvalue weighted by atomic mass is 16.5. The van der Waals surface area contributed by atoms with Gasteiger partial charge in [-0.2, -0.15) is 0 Å². The van der Waals surface area contributed by atoms with Gasteiger partial charge < -0.3 is 14.7 Å². The van der Waals surface area contributed by atoms with E-state index in [2.05, 4.69) is 30.9 Å². The van der Waals surface area contributed by atoms with Gasteiger partial charge in [0.25, 0.3) is 5.91 Å². The summed E-state index contributed by atoms with van der Waals surface area (Å²) in [5, 5.41) is 9.01. The molecule has 1 fully saturated rings. The van der Waals surface area contributed by atoms with Crippen molar-refractivity contribution in [2.24, 2.45) is 0 Å². The Morgan fingerprint density at radius 3 is 2.39 bits per heavy atom. The number of aliphatic hydroxyl groups is 1. The molecule has 0 aliphatic carbocycles. The zero-order valence-corrected chi connectivity index (χ0v) is 19.4. The van der Waals surface area contributed by atoms with E-state index in [1.165, 1.54) is 5.57 Å². The van der Waals surface area contributed by atoms with Crippen molar-refractivity contribution >= 4 is 17.3 Å². The topological polar surface area (TPSA) is 70.1 Å². The number of nitrogens with zero attached hydrogens (tertiary/aromatic N) is 2. The van der Waals surface area contributed by atoms with Gasteiger partial charge in [-0.1, -0.05) is 42.5 Å². The zero-order chi connectivity index (χ0) is 23.4. The maximum Gasteiger partial charge on any atom is 0.254 e. The Kier molecular flexibility index (Phi) is 7.38. The molecule has 33 heavy (non-hydrogen) atoms. The molecule has 1 N–H and O–H groups in total. The SMILES string of the molecule is C[C@@H]1CN(Cc2ccc(C(=O)CO)cc2)C[C@H](C)N1C(=O)c1cccc(C2=CCOCC2)c1. The summed E-state index contributed by atoms with van der Waals surface area (Å²) in [6.07, 6.45) is 2.97. The van der Waals surface area contributed by atoms with Crippen molar-refractivity contribution in [3.8, 4) is 0 Å². The minimum atomic E-state index is -0.473. The standard InChI is InChI=1S/C27H32N2O4/c1-19-15-28(17-21-6-8-23(9-7-21)26(31)18-30)16-20(2)29(19)27(32)25-5-3-4-24(14-25)22-10-12-33-13-11-22/h3-10,14,19-20,30H,11-13,15-18H2,1-2H3/t19-,20+. The molecule has 2 aliphatic rings. The highest BCUT2D eigenvalue weighted by molar-refractivity contribution is 5.97. The summed E-state index contributed by atoms with van der Waals surface area (Å²) >= 11 is 0. The normalized spacial score (nSPS) is 21.5. The summed E-state index contributed by atoms with van der Waals surface area (Å²) in [6, 6.07) is 15.5. The molecule has 0 saturated carbocycles. The van der Waals surface area contributed by atoms with E-state index in [4.69, 9.17) is 9.84 Å². The summed E-state index contributed by atoms with van der Waals surface area (Å²) in [5.41, 5.74) is 4.72. The molecular weight excluding hydrogens is 416 g/mol. The highest BCUT2D eigenvalue weighted by Gasteiger charge is 2.33. The average molecular weight is 449 g/mol. The zero-order valence-electron chi connectivity index (χ0n) is 19.4. The lowest BCUT2D eigenvalue weighted by molar-refractivity contribution is 0.0268. The molecule has 2 heterocycles. The maximum absolute atomic E-state index is 13.5. The van der Waals surface area contributed by atoms with Crippen LogP contribution in [0.4, 0.5) is 0 Å². The summed E-state index contributed by atoms with van der Waals surface area (Å²) in [5.74, 6) is -0.191. The first-order chi connectivity index (χ1) is 16.0. The van der Waals surface area contributed by atoms with Crippen LogP contribution in [0.2, 0.25) is 0 Å². The third kappa shape index (κ3) is 5.41. The van der Waals surface area contributed by atoms with Crippen molar-refractivity contribution in [3.05, 3.63) is 76.9 Å². The molecule has 0 radical (unpaired) electrons. The van der Waals surface area contributed by atoms with Gasteiger partial charge in [0.15, 0.2) is 5.78 Å². The van der Waals surface area contributed by atoms with Crippen molar-refractivity contribution in [3.63, 3.8) is 0 Å². The number of ketones is 1. The Bertz CT molecular complexity index is 1020. The Hall–Kier alpha value is -2.80. The second-order valence-electron chi connectivity index (χ2n) is 9.02. The first kappa shape index (κ1) is 23.4. The number of Topliss-reactive ketones (excluding diaryl/α,β-unsaturated/α-hetero) is 1. The average Bonchev–Trinajstić information content (AvgIpc) is 2.84. The molecule has 0 spiro atoms. The number of benzene rings is 2. The van der Waals surface area contributed by atoms with Crippen LogP contribution in [0, 0.1) is 0 Å². The Morgan fingerprint density at radius 2 is 1.76 bits per heavy atom. The van der Waals surface area contributed by atoms with Crippen LogP contribution in [0.3, 0.4) is 0 Å². The van der Waals surface area contributed by atoms with Crippen molar-refractivity contribution in [2.75, 3.05) is 32.9 Å². The maximum atomic E-state index is 13.5. The molecule has 1 amide bonds. The lowest BCUT2D eigenvalue weighted by atomic mass is 9.98. The van der Waals surface area contributed by atoms with Crippen LogP contribution in [-0.4, -0.2) is 71.6 Å². The number of rotatable bonds is 6. The fraction of sp³-hybridized carbons (Fsp3) is 0.407. The van der Waals surface area contributed by atoms with Gasteiger partial charge >= 0.3 is 0 Å². The van der Waals surface area contributed by atoms with Gasteiger partial charge in [-0.25, -0.2) is 0 Å². The van der Waals surface area contributed by atoms with Crippen molar-refractivity contribution < 1.29 is 19.4 Å². The van der Waals surface area contributed by atoms with Crippen LogP contribution < -0.4 is 0 Å². The van der Waals surface area contributed by atoms with Gasteiger partial charge in [0.1, 0.15) is 6.61 Å². The second kappa shape index (κ2) is 10.4. The van der Waals surface area contributed by atoms with Gasteiger partial charge in [0, 0.05) is 42.8 Å². The minimum absolute atomic E-state index is 0.0797. The molecule has 2 aromatic carbocycles. The molecule has 6 nitrogen and oxygen atoms in total. The smallest absolute Gasteiger partial charge is 0.254 e. The van der Waals surface area contributed by atoms with E-state index in [0.29, 0.717) is 12.2 Å². The van der Waals surface area contributed by atoms with Crippen LogP contribution in [0.5, 0.6) is 0 Å². The lowest BCUT2D eigenvalue weighted by Crippen LogP contribution is -2.58. The number of carbonyl (C=O) groups is 2. The summed E-state index contributed by atoms with van der Waals surface area (Å²) in [7, 11) is 0. The van der Waals surface area contributed by atoms with E-state index in [1.54, 1.807) is 12.1 Å². The molecule has 2 atom stereocenters. The van der Waals surface area contributed by atoms with E-state index < -0.39 is 6.61 Å². The summed E-state index contributed by atoms with van der Waals surface area (Å²) in [4.78, 5) is 29.4. The van der Waals surface area contributed by atoms with E-state index in [1.807, 2.05) is 35.2 Å². The van der Waals surface area contributed by atoms with Crippen molar-refractivity contribution in [1.82, 2.24) is 9.80 Å². The van der Waals surface area contributed by atoms with Gasteiger partial charge in [-0.3, -0.25) is 14.5 Å². The number of piperazine rings is 1. The first-order valence-corrected chi connectivity index (χ1v) is 11.6. The van der Waals surface area contributed by atoms with Gasteiger partial charge in [0.2, 0.25) is 0 Å². The number of hydrogen-bond acceptors (Lipinski definition) is 5. The van der Waals surface area contributed by atoms with E-state index in [0.717, 1.165) is 49.4 Å². The van der Waals surface area contributed by atoms with Crippen LogP contribution in [0.15, 0.2) is 54.6 Å². The van der Waals surface area contributed by atoms with Gasteiger partial charge in [0.05, 0.1) is 13.2 Å². The number of amides is 1. The molecule has 0 aromatic heterocycles. The molecule has 174 valence electrons. The molecule has 2 aromatic rings. The molecule has 1 saturated heterocycles. The minimum Gasteiger partial charge on any atom is -0.388 e. The number of aliphatic hydroxyl groups excluding tert-OH is 1.